The summed E-state index contributed by atoms with van der Waals surface area (Å²) in [6.45, 7) is 4.96. The molecule has 0 aliphatic heterocycles. The van der Waals surface area contributed by atoms with Gasteiger partial charge in [-0.15, -0.1) is 0 Å². The lowest BCUT2D eigenvalue weighted by molar-refractivity contribution is 0.315. The first kappa shape index (κ1) is 21.8. The Kier molecular flexibility index (Phi) is 6.37. The number of halogens is 1. The van der Waals surface area contributed by atoms with E-state index in [4.69, 9.17) is 4.74 Å². The number of hydrogen-bond donors (Lipinski definition) is 0. The second kappa shape index (κ2) is 9.36. The van der Waals surface area contributed by atoms with E-state index in [-0.39, 0.29) is 5.56 Å². The number of likely N-dealkylation sites (N-methyl/N-ethyl adjacent to an activating group) is 1. The van der Waals surface area contributed by atoms with Gasteiger partial charge in [-0.1, -0.05) is 6.92 Å². The molecule has 7 heteroatoms. The Morgan fingerprint density at radius 3 is 2.66 bits per heavy atom. The summed E-state index contributed by atoms with van der Waals surface area (Å²) in [6.07, 6.45) is 4.62. The molecule has 2 heterocycles. The molecule has 2 aromatic heterocycles. The normalized spacial score (nSPS) is 11.4. The molecule has 0 saturated heterocycles. The Bertz CT molecular complexity index is 1290. The minimum atomic E-state index is -0.431. The molecule has 0 atom stereocenters. The van der Waals surface area contributed by atoms with Crippen LogP contribution in [-0.4, -0.2) is 46.5 Å². The zero-order valence-corrected chi connectivity index (χ0v) is 18.6. The zero-order valence-electron chi connectivity index (χ0n) is 18.6. The van der Waals surface area contributed by atoms with Gasteiger partial charge in [0.05, 0.1) is 25.4 Å². The number of benzene rings is 2. The van der Waals surface area contributed by atoms with E-state index in [0.717, 1.165) is 42.6 Å². The van der Waals surface area contributed by atoms with Crippen LogP contribution in [-0.2, 0) is 6.54 Å². The first-order valence-corrected chi connectivity index (χ1v) is 10.7. The number of fused-ring (bicyclic) bond motifs is 1. The average Bonchev–Trinajstić information content (AvgIpc) is 3.20. The second-order valence-corrected chi connectivity index (χ2v) is 7.88. The summed E-state index contributed by atoms with van der Waals surface area (Å²) < 4.78 is 23.0. The Labute approximate surface area is 186 Å². The fourth-order valence-corrected chi connectivity index (χ4v) is 3.88. The number of aromatic nitrogens is 3. The molecular weight excluding hydrogens is 407 g/mol. The molecule has 0 radical (unpaired) electrons. The van der Waals surface area contributed by atoms with Crippen molar-refractivity contribution in [2.75, 3.05) is 27.2 Å². The van der Waals surface area contributed by atoms with Crippen LogP contribution in [0.15, 0.2) is 65.7 Å². The Hall–Kier alpha value is -3.45. The van der Waals surface area contributed by atoms with Gasteiger partial charge in [-0.3, -0.25) is 14.0 Å². The van der Waals surface area contributed by atoms with Gasteiger partial charge in [0.15, 0.2) is 0 Å². The standard InChI is InChI=1S/C25H27FN4O2/c1-4-10-28(2)12-13-30-24-8-5-20(14-19(24)17-27-30)29-11-9-18(15-25(29)31)22-7-6-21(32-3)16-23(22)26/h5-9,11,14-17H,4,10,12-13H2,1-3H3. The third kappa shape index (κ3) is 4.43. The molecule has 6 nitrogen and oxygen atoms in total. The largest absolute Gasteiger partial charge is 0.497 e. The fourth-order valence-electron chi connectivity index (χ4n) is 3.88. The van der Waals surface area contributed by atoms with Crippen molar-refractivity contribution in [3.05, 3.63) is 77.1 Å². The van der Waals surface area contributed by atoms with Gasteiger partial charge in [-0.2, -0.15) is 5.10 Å². The highest BCUT2D eigenvalue weighted by Crippen LogP contribution is 2.26. The van der Waals surface area contributed by atoms with Gasteiger partial charge in [0.2, 0.25) is 0 Å². The van der Waals surface area contributed by atoms with Crippen molar-refractivity contribution in [3.8, 4) is 22.6 Å². The van der Waals surface area contributed by atoms with Crippen LogP contribution < -0.4 is 10.3 Å². The van der Waals surface area contributed by atoms with Gasteiger partial charge in [0.1, 0.15) is 11.6 Å². The van der Waals surface area contributed by atoms with Crippen LogP contribution in [0.25, 0.3) is 27.7 Å². The molecular formula is C25H27FN4O2. The number of nitrogens with zero attached hydrogens (tertiary/aromatic N) is 4. The molecule has 166 valence electrons. The first-order valence-electron chi connectivity index (χ1n) is 10.7. The predicted octanol–water partition coefficient (Wildman–Crippen LogP) is 4.34. The van der Waals surface area contributed by atoms with Crippen LogP contribution in [0.4, 0.5) is 4.39 Å². The lowest BCUT2D eigenvalue weighted by Gasteiger charge is -2.15. The SMILES string of the molecule is CCCN(C)CCn1ncc2cc(-n3ccc(-c4ccc(OC)cc4F)cc3=O)ccc21. The highest BCUT2D eigenvalue weighted by atomic mass is 19.1. The van der Waals surface area contributed by atoms with E-state index in [1.165, 1.54) is 19.2 Å². The smallest absolute Gasteiger partial charge is 0.255 e. The van der Waals surface area contributed by atoms with Crippen molar-refractivity contribution in [3.63, 3.8) is 0 Å². The summed E-state index contributed by atoms with van der Waals surface area (Å²) in [6, 6.07) is 13.6. The molecule has 0 N–H and O–H groups in total. The van der Waals surface area contributed by atoms with Crippen molar-refractivity contribution in [2.45, 2.75) is 19.9 Å². The van der Waals surface area contributed by atoms with E-state index >= 15 is 0 Å². The quantitative estimate of drug-likeness (QED) is 0.414. The lowest BCUT2D eigenvalue weighted by Crippen LogP contribution is -2.24. The predicted molar refractivity (Wildman–Crippen MR) is 125 cm³/mol. The summed E-state index contributed by atoms with van der Waals surface area (Å²) >= 11 is 0. The molecule has 0 amide bonds. The topological polar surface area (TPSA) is 52.3 Å². The summed E-state index contributed by atoms with van der Waals surface area (Å²) in [4.78, 5) is 15.1. The van der Waals surface area contributed by atoms with Crippen LogP contribution >= 0.6 is 0 Å². The number of rotatable bonds is 8. The molecule has 0 bridgehead atoms. The highest BCUT2D eigenvalue weighted by Gasteiger charge is 2.10. The molecule has 0 spiro atoms. The molecule has 0 saturated carbocycles. The average molecular weight is 435 g/mol. The van der Waals surface area contributed by atoms with Crippen LogP contribution in [0.2, 0.25) is 0 Å². The maximum atomic E-state index is 14.4. The fraction of sp³-hybridized carbons (Fsp3) is 0.280. The molecule has 0 aliphatic rings. The summed E-state index contributed by atoms with van der Waals surface area (Å²) in [7, 11) is 3.60. The second-order valence-electron chi connectivity index (χ2n) is 7.88. The maximum absolute atomic E-state index is 14.4. The van der Waals surface area contributed by atoms with E-state index in [2.05, 4.69) is 24.0 Å². The third-order valence-electron chi connectivity index (χ3n) is 5.61. The lowest BCUT2D eigenvalue weighted by atomic mass is 10.1. The van der Waals surface area contributed by atoms with Crippen molar-refractivity contribution >= 4 is 10.9 Å². The zero-order chi connectivity index (χ0) is 22.7. The molecule has 4 rings (SSSR count). The number of pyridine rings is 1. The van der Waals surface area contributed by atoms with Gasteiger partial charge < -0.3 is 9.64 Å². The highest BCUT2D eigenvalue weighted by molar-refractivity contribution is 5.81. The van der Waals surface area contributed by atoms with Gasteiger partial charge >= 0.3 is 0 Å². The molecule has 32 heavy (non-hydrogen) atoms. The molecule has 0 unspecified atom stereocenters. The summed E-state index contributed by atoms with van der Waals surface area (Å²) in [5.41, 5.74) is 2.43. The number of hydrogen-bond acceptors (Lipinski definition) is 4. The van der Waals surface area contributed by atoms with E-state index < -0.39 is 5.82 Å². The van der Waals surface area contributed by atoms with E-state index in [1.807, 2.05) is 29.1 Å². The van der Waals surface area contributed by atoms with Gasteiger partial charge in [-0.05, 0) is 62.0 Å². The third-order valence-corrected chi connectivity index (χ3v) is 5.61. The number of ether oxygens (including phenoxy) is 1. The first-order chi connectivity index (χ1) is 15.5. The molecule has 0 fully saturated rings. The van der Waals surface area contributed by atoms with Crippen molar-refractivity contribution in [2.24, 2.45) is 0 Å². The van der Waals surface area contributed by atoms with Crippen LogP contribution in [0.5, 0.6) is 5.75 Å². The summed E-state index contributed by atoms with van der Waals surface area (Å²) in [5, 5.41) is 5.48. The van der Waals surface area contributed by atoms with Crippen molar-refractivity contribution in [1.82, 2.24) is 19.2 Å². The van der Waals surface area contributed by atoms with Gasteiger partial charge in [0, 0.05) is 41.5 Å². The van der Waals surface area contributed by atoms with Gasteiger partial charge in [-0.25, -0.2) is 4.39 Å². The van der Waals surface area contributed by atoms with E-state index in [9.17, 15) is 9.18 Å². The van der Waals surface area contributed by atoms with E-state index in [1.54, 1.807) is 29.0 Å². The molecule has 0 aliphatic carbocycles. The Balaban J connectivity index is 1.60. The van der Waals surface area contributed by atoms with Crippen LogP contribution in [0, 0.1) is 5.82 Å². The van der Waals surface area contributed by atoms with Crippen molar-refractivity contribution < 1.29 is 9.13 Å². The Morgan fingerprint density at radius 1 is 1.09 bits per heavy atom. The Morgan fingerprint density at radius 2 is 1.94 bits per heavy atom. The van der Waals surface area contributed by atoms with E-state index in [0.29, 0.717) is 16.9 Å². The minimum Gasteiger partial charge on any atom is -0.497 e. The monoisotopic (exact) mass is 434 g/mol. The summed E-state index contributed by atoms with van der Waals surface area (Å²) in [5.74, 6) is 0.00497. The van der Waals surface area contributed by atoms with Crippen LogP contribution in [0.1, 0.15) is 13.3 Å². The number of methoxy groups -OCH3 is 1. The maximum Gasteiger partial charge on any atom is 0.255 e. The van der Waals surface area contributed by atoms with Gasteiger partial charge in [0.25, 0.3) is 5.56 Å². The molecule has 2 aromatic carbocycles. The van der Waals surface area contributed by atoms with Crippen molar-refractivity contribution in [1.29, 1.82) is 0 Å². The minimum absolute atomic E-state index is 0.231. The van der Waals surface area contributed by atoms with Crippen LogP contribution in [0.3, 0.4) is 0 Å². The molecule has 4 aromatic rings.